The number of piperidine rings is 1. The van der Waals surface area contributed by atoms with Gasteiger partial charge in [0.1, 0.15) is 0 Å². The molecule has 0 bridgehead atoms. The fourth-order valence-electron chi connectivity index (χ4n) is 2.69. The lowest BCUT2D eigenvalue weighted by atomic mass is 9.77. The van der Waals surface area contributed by atoms with Crippen LogP contribution in [0.25, 0.3) is 0 Å². The van der Waals surface area contributed by atoms with Crippen molar-refractivity contribution in [1.29, 1.82) is 0 Å². The number of carboxylic acids is 1. The van der Waals surface area contributed by atoms with Gasteiger partial charge in [0, 0.05) is 25.6 Å². The van der Waals surface area contributed by atoms with Crippen molar-refractivity contribution in [1.82, 2.24) is 4.90 Å². The van der Waals surface area contributed by atoms with E-state index in [4.69, 9.17) is 5.73 Å². The minimum Gasteiger partial charge on any atom is -0.481 e. The van der Waals surface area contributed by atoms with Gasteiger partial charge in [0.2, 0.25) is 5.91 Å². The van der Waals surface area contributed by atoms with E-state index in [9.17, 15) is 14.7 Å². The summed E-state index contributed by atoms with van der Waals surface area (Å²) in [6.07, 6.45) is 4.10. The lowest BCUT2D eigenvalue weighted by Gasteiger charge is -2.39. The number of nitrogens with two attached hydrogens (primary N) is 1. The Labute approximate surface area is 115 Å². The van der Waals surface area contributed by atoms with Crippen LogP contribution in [0.2, 0.25) is 0 Å². The van der Waals surface area contributed by atoms with Crippen LogP contribution in [0.3, 0.4) is 0 Å². The molecule has 1 aliphatic rings. The Morgan fingerprint density at radius 1 is 1.47 bits per heavy atom. The van der Waals surface area contributed by atoms with Crippen LogP contribution in [0.1, 0.15) is 52.4 Å². The van der Waals surface area contributed by atoms with Gasteiger partial charge in [-0.3, -0.25) is 9.59 Å². The highest BCUT2D eigenvalue weighted by Gasteiger charge is 2.41. The fourth-order valence-corrected chi connectivity index (χ4v) is 2.69. The van der Waals surface area contributed by atoms with Gasteiger partial charge in [0.25, 0.3) is 0 Å². The molecular weight excluding hydrogens is 244 g/mol. The lowest BCUT2D eigenvalue weighted by Crippen LogP contribution is -2.49. The molecule has 2 atom stereocenters. The summed E-state index contributed by atoms with van der Waals surface area (Å²) in [5.74, 6) is -0.706. The summed E-state index contributed by atoms with van der Waals surface area (Å²) < 4.78 is 0. The van der Waals surface area contributed by atoms with Crippen molar-refractivity contribution in [2.45, 2.75) is 58.4 Å². The minimum atomic E-state index is -0.775. The monoisotopic (exact) mass is 270 g/mol. The zero-order chi connectivity index (χ0) is 14.5. The van der Waals surface area contributed by atoms with Crippen molar-refractivity contribution < 1.29 is 14.7 Å². The van der Waals surface area contributed by atoms with Crippen LogP contribution < -0.4 is 5.73 Å². The molecule has 5 heteroatoms. The highest BCUT2D eigenvalue weighted by atomic mass is 16.4. The number of carbonyl (C=O) groups excluding carboxylic acids is 1. The van der Waals surface area contributed by atoms with E-state index in [2.05, 4.69) is 0 Å². The number of amides is 1. The quantitative estimate of drug-likeness (QED) is 0.768. The number of carbonyl (C=O) groups is 2. The molecule has 1 amide bonds. The highest BCUT2D eigenvalue weighted by molar-refractivity contribution is 5.79. The van der Waals surface area contributed by atoms with Crippen molar-refractivity contribution in [3.05, 3.63) is 0 Å². The van der Waals surface area contributed by atoms with Gasteiger partial charge in [-0.2, -0.15) is 0 Å². The topological polar surface area (TPSA) is 83.6 Å². The normalized spacial score (nSPS) is 25.1. The summed E-state index contributed by atoms with van der Waals surface area (Å²) in [6, 6.07) is 0.114. The number of carboxylic acid groups (broad SMARTS) is 1. The Hall–Kier alpha value is -1.10. The molecule has 2 unspecified atom stereocenters. The Bertz CT molecular complexity index is 331. The Kier molecular flexibility index (Phi) is 5.79. The molecular formula is C14H26N2O3. The van der Waals surface area contributed by atoms with Gasteiger partial charge in [0.15, 0.2) is 0 Å². The average Bonchev–Trinajstić information content (AvgIpc) is 2.38. The SMILES string of the molecule is CCC1(C(=O)O)CCCN(C(=O)CCCC(C)N)C1. The van der Waals surface area contributed by atoms with E-state index in [1.165, 1.54) is 0 Å². The third-order valence-electron chi connectivity index (χ3n) is 4.11. The third-order valence-corrected chi connectivity index (χ3v) is 4.11. The van der Waals surface area contributed by atoms with Crippen molar-refractivity contribution in [2.24, 2.45) is 11.1 Å². The second kappa shape index (κ2) is 6.89. The molecule has 0 aromatic heterocycles. The van der Waals surface area contributed by atoms with Crippen LogP contribution in [-0.4, -0.2) is 41.0 Å². The number of rotatable bonds is 6. The smallest absolute Gasteiger partial charge is 0.311 e. The summed E-state index contributed by atoms with van der Waals surface area (Å²) in [7, 11) is 0. The predicted molar refractivity (Wildman–Crippen MR) is 73.7 cm³/mol. The molecule has 0 aromatic rings. The number of hydrogen-bond acceptors (Lipinski definition) is 3. The number of hydrogen-bond donors (Lipinski definition) is 2. The van der Waals surface area contributed by atoms with E-state index in [1.54, 1.807) is 4.90 Å². The maximum atomic E-state index is 12.1. The Morgan fingerprint density at radius 2 is 2.16 bits per heavy atom. The maximum absolute atomic E-state index is 12.1. The molecule has 0 spiro atoms. The number of likely N-dealkylation sites (tertiary alicyclic amines) is 1. The zero-order valence-corrected chi connectivity index (χ0v) is 12.0. The molecule has 5 nitrogen and oxygen atoms in total. The van der Waals surface area contributed by atoms with Crippen molar-refractivity contribution in [3.63, 3.8) is 0 Å². The van der Waals surface area contributed by atoms with Crippen LogP contribution in [0.4, 0.5) is 0 Å². The molecule has 1 rings (SSSR count). The maximum Gasteiger partial charge on any atom is 0.311 e. The first-order valence-electron chi connectivity index (χ1n) is 7.18. The number of aliphatic carboxylic acids is 1. The molecule has 1 heterocycles. The summed E-state index contributed by atoms with van der Waals surface area (Å²) in [5.41, 5.74) is 4.92. The van der Waals surface area contributed by atoms with Crippen LogP contribution in [0.15, 0.2) is 0 Å². The Morgan fingerprint density at radius 3 is 2.68 bits per heavy atom. The molecule has 0 aromatic carbocycles. The third kappa shape index (κ3) is 4.20. The molecule has 1 fully saturated rings. The van der Waals surface area contributed by atoms with Crippen LogP contribution in [-0.2, 0) is 9.59 Å². The molecule has 3 N–H and O–H groups in total. The molecule has 1 aliphatic heterocycles. The van der Waals surface area contributed by atoms with Crippen LogP contribution in [0, 0.1) is 5.41 Å². The van der Waals surface area contributed by atoms with Gasteiger partial charge in [-0.1, -0.05) is 6.92 Å². The van der Waals surface area contributed by atoms with Crippen molar-refractivity contribution >= 4 is 11.9 Å². The van der Waals surface area contributed by atoms with Crippen molar-refractivity contribution in [3.8, 4) is 0 Å². The number of nitrogens with zero attached hydrogens (tertiary/aromatic N) is 1. The highest BCUT2D eigenvalue weighted by Crippen LogP contribution is 2.34. The van der Waals surface area contributed by atoms with Crippen LogP contribution >= 0.6 is 0 Å². The molecule has 1 saturated heterocycles. The molecule has 110 valence electrons. The first-order valence-corrected chi connectivity index (χ1v) is 7.18. The van der Waals surface area contributed by atoms with Gasteiger partial charge < -0.3 is 15.7 Å². The van der Waals surface area contributed by atoms with E-state index in [0.29, 0.717) is 32.4 Å². The predicted octanol–water partition coefficient (Wildman–Crippen LogP) is 1.61. The Balaban J connectivity index is 2.54. The minimum absolute atomic E-state index is 0.0689. The van der Waals surface area contributed by atoms with E-state index < -0.39 is 11.4 Å². The second-order valence-electron chi connectivity index (χ2n) is 5.73. The zero-order valence-electron chi connectivity index (χ0n) is 12.0. The molecule has 0 saturated carbocycles. The van der Waals surface area contributed by atoms with Gasteiger partial charge in [0.05, 0.1) is 5.41 Å². The first kappa shape index (κ1) is 16.0. The fraction of sp³-hybridized carbons (Fsp3) is 0.857. The van der Waals surface area contributed by atoms with Gasteiger partial charge in [-0.15, -0.1) is 0 Å². The first-order chi connectivity index (χ1) is 8.91. The molecule has 0 radical (unpaired) electrons. The second-order valence-corrected chi connectivity index (χ2v) is 5.73. The lowest BCUT2D eigenvalue weighted by molar-refractivity contribution is -0.155. The van der Waals surface area contributed by atoms with Crippen LogP contribution in [0.5, 0.6) is 0 Å². The van der Waals surface area contributed by atoms with E-state index in [-0.39, 0.29) is 11.9 Å². The molecule has 0 aliphatic carbocycles. The van der Waals surface area contributed by atoms with Crippen molar-refractivity contribution in [2.75, 3.05) is 13.1 Å². The summed E-state index contributed by atoms with van der Waals surface area (Å²) in [6.45, 7) is 4.86. The summed E-state index contributed by atoms with van der Waals surface area (Å²) >= 11 is 0. The van der Waals surface area contributed by atoms with E-state index in [1.807, 2.05) is 13.8 Å². The van der Waals surface area contributed by atoms with Gasteiger partial charge in [-0.25, -0.2) is 0 Å². The van der Waals surface area contributed by atoms with Gasteiger partial charge >= 0.3 is 5.97 Å². The average molecular weight is 270 g/mol. The van der Waals surface area contributed by atoms with E-state index >= 15 is 0 Å². The summed E-state index contributed by atoms with van der Waals surface area (Å²) in [5, 5.41) is 9.38. The largest absolute Gasteiger partial charge is 0.481 e. The summed E-state index contributed by atoms with van der Waals surface area (Å²) in [4.78, 5) is 25.2. The van der Waals surface area contributed by atoms with Gasteiger partial charge in [-0.05, 0) is 39.0 Å². The van der Waals surface area contributed by atoms with E-state index in [0.717, 1.165) is 19.3 Å². The standard InChI is InChI=1S/C14H26N2O3/c1-3-14(13(18)19)8-5-9-16(10-14)12(17)7-4-6-11(2)15/h11H,3-10,15H2,1-2H3,(H,18,19). The molecule has 19 heavy (non-hydrogen) atoms.